The van der Waals surface area contributed by atoms with E-state index in [1.165, 1.54) is 12.0 Å². The van der Waals surface area contributed by atoms with Crippen LogP contribution in [0.2, 0.25) is 0 Å². The molecule has 2 rings (SSSR count). The zero-order valence-electron chi connectivity index (χ0n) is 11.9. The Morgan fingerprint density at radius 3 is 2.47 bits per heavy atom. The van der Waals surface area contributed by atoms with Gasteiger partial charge >= 0.3 is 6.03 Å². The van der Waals surface area contributed by atoms with Gasteiger partial charge in [0.2, 0.25) is 0 Å². The maximum atomic E-state index is 10.7. The van der Waals surface area contributed by atoms with E-state index in [1.54, 1.807) is 0 Å². The number of carbonyl (C=O) groups excluding carboxylic acids is 1. The molecule has 1 aliphatic carbocycles. The fourth-order valence-corrected chi connectivity index (χ4v) is 2.36. The molecule has 4 N–H and O–H groups in total. The predicted molar refractivity (Wildman–Crippen MR) is 78.0 cm³/mol. The number of hydrogen-bond acceptors (Lipinski definition) is 2. The van der Waals surface area contributed by atoms with Crippen LogP contribution in [0, 0.1) is 11.3 Å². The first kappa shape index (κ1) is 13.9. The highest BCUT2D eigenvalue weighted by Crippen LogP contribution is 2.51. The van der Waals surface area contributed by atoms with Gasteiger partial charge in [-0.3, -0.25) is 0 Å². The van der Waals surface area contributed by atoms with Crippen LogP contribution in [-0.4, -0.2) is 12.6 Å². The number of anilines is 1. The van der Waals surface area contributed by atoms with Gasteiger partial charge in [0.05, 0.1) is 0 Å². The molecule has 2 atom stereocenters. The van der Waals surface area contributed by atoms with Crippen molar-refractivity contribution in [1.82, 2.24) is 5.32 Å². The number of primary amides is 1. The van der Waals surface area contributed by atoms with Crippen LogP contribution in [0.5, 0.6) is 0 Å². The average Bonchev–Trinajstić information content (AvgIpc) is 2.94. The highest BCUT2D eigenvalue weighted by Gasteiger charge is 2.44. The molecule has 0 saturated heterocycles. The van der Waals surface area contributed by atoms with Crippen LogP contribution in [0.15, 0.2) is 24.3 Å². The van der Waals surface area contributed by atoms with Crippen molar-refractivity contribution in [3.8, 4) is 0 Å². The molecule has 19 heavy (non-hydrogen) atoms. The Labute approximate surface area is 114 Å². The molecule has 0 bridgehead atoms. The SMILES string of the molecule is CC(NCC1CC1(C)C)c1ccc(NC(N)=O)cc1. The Balaban J connectivity index is 1.85. The van der Waals surface area contributed by atoms with Gasteiger partial charge in [-0.15, -0.1) is 0 Å². The molecule has 0 radical (unpaired) electrons. The van der Waals surface area contributed by atoms with E-state index in [2.05, 4.69) is 31.4 Å². The van der Waals surface area contributed by atoms with Crippen molar-refractivity contribution >= 4 is 11.7 Å². The summed E-state index contributed by atoms with van der Waals surface area (Å²) in [6.45, 7) is 7.85. The summed E-state index contributed by atoms with van der Waals surface area (Å²) in [7, 11) is 0. The molecular formula is C15H23N3O. The van der Waals surface area contributed by atoms with E-state index in [-0.39, 0.29) is 0 Å². The molecule has 104 valence electrons. The van der Waals surface area contributed by atoms with Crippen molar-refractivity contribution in [2.45, 2.75) is 33.2 Å². The molecule has 4 heteroatoms. The predicted octanol–water partition coefficient (Wildman–Crippen LogP) is 2.87. The molecule has 0 heterocycles. The van der Waals surface area contributed by atoms with Gasteiger partial charge in [-0.25, -0.2) is 4.79 Å². The molecule has 1 aromatic rings. The summed E-state index contributed by atoms with van der Waals surface area (Å²) in [5.41, 5.74) is 7.53. The number of rotatable bonds is 5. The summed E-state index contributed by atoms with van der Waals surface area (Å²) >= 11 is 0. The van der Waals surface area contributed by atoms with Crippen LogP contribution in [0.25, 0.3) is 0 Å². The molecule has 2 unspecified atom stereocenters. The fourth-order valence-electron chi connectivity index (χ4n) is 2.36. The third-order valence-electron chi connectivity index (χ3n) is 4.07. The van der Waals surface area contributed by atoms with Gasteiger partial charge in [-0.2, -0.15) is 0 Å². The smallest absolute Gasteiger partial charge is 0.316 e. The Morgan fingerprint density at radius 1 is 1.42 bits per heavy atom. The number of amides is 2. The number of nitrogens with two attached hydrogens (primary N) is 1. The Bertz CT molecular complexity index is 453. The van der Waals surface area contributed by atoms with Crippen molar-refractivity contribution in [2.24, 2.45) is 17.1 Å². The van der Waals surface area contributed by atoms with Crippen LogP contribution in [0.1, 0.15) is 38.8 Å². The first-order valence-electron chi connectivity index (χ1n) is 6.78. The fraction of sp³-hybridized carbons (Fsp3) is 0.533. The first-order valence-corrected chi connectivity index (χ1v) is 6.78. The molecule has 2 amide bonds. The minimum absolute atomic E-state index is 0.319. The molecule has 0 spiro atoms. The molecule has 1 aliphatic rings. The number of nitrogens with one attached hydrogen (secondary N) is 2. The van der Waals surface area contributed by atoms with E-state index in [9.17, 15) is 4.79 Å². The van der Waals surface area contributed by atoms with Crippen molar-refractivity contribution in [3.05, 3.63) is 29.8 Å². The van der Waals surface area contributed by atoms with Gasteiger partial charge in [0.15, 0.2) is 0 Å². The number of urea groups is 1. The van der Waals surface area contributed by atoms with E-state index >= 15 is 0 Å². The van der Waals surface area contributed by atoms with Gasteiger partial charge < -0.3 is 16.4 Å². The first-order chi connectivity index (χ1) is 8.88. The topological polar surface area (TPSA) is 67.2 Å². The lowest BCUT2D eigenvalue weighted by atomic mass is 10.1. The second kappa shape index (κ2) is 5.21. The maximum Gasteiger partial charge on any atom is 0.316 e. The van der Waals surface area contributed by atoms with Crippen LogP contribution >= 0.6 is 0 Å². The van der Waals surface area contributed by atoms with E-state index in [0.717, 1.165) is 18.2 Å². The number of carbonyl (C=O) groups is 1. The summed E-state index contributed by atoms with van der Waals surface area (Å²) in [6, 6.07) is 7.56. The lowest BCUT2D eigenvalue weighted by molar-refractivity contribution is 0.259. The normalized spacial score (nSPS) is 21.7. The van der Waals surface area contributed by atoms with Crippen molar-refractivity contribution in [1.29, 1.82) is 0 Å². The van der Waals surface area contributed by atoms with Gasteiger partial charge in [0.1, 0.15) is 0 Å². The molecule has 0 aromatic heterocycles. The van der Waals surface area contributed by atoms with Gasteiger partial charge in [-0.1, -0.05) is 26.0 Å². The zero-order valence-corrected chi connectivity index (χ0v) is 11.9. The second-order valence-electron chi connectivity index (χ2n) is 6.13. The van der Waals surface area contributed by atoms with Gasteiger partial charge in [0, 0.05) is 11.7 Å². The summed E-state index contributed by atoms with van der Waals surface area (Å²) in [5, 5.41) is 6.13. The van der Waals surface area contributed by atoms with Crippen molar-refractivity contribution in [2.75, 3.05) is 11.9 Å². The third kappa shape index (κ3) is 3.70. The van der Waals surface area contributed by atoms with E-state index in [1.807, 2.05) is 24.3 Å². The van der Waals surface area contributed by atoms with Crippen molar-refractivity contribution < 1.29 is 4.79 Å². The van der Waals surface area contributed by atoms with E-state index in [4.69, 9.17) is 5.73 Å². The van der Waals surface area contributed by atoms with Crippen LogP contribution < -0.4 is 16.4 Å². The monoisotopic (exact) mass is 261 g/mol. The van der Waals surface area contributed by atoms with E-state index in [0.29, 0.717) is 11.5 Å². The maximum absolute atomic E-state index is 10.7. The molecule has 4 nitrogen and oxygen atoms in total. The number of hydrogen-bond donors (Lipinski definition) is 3. The Kier molecular flexibility index (Phi) is 3.80. The van der Waals surface area contributed by atoms with E-state index < -0.39 is 6.03 Å². The minimum Gasteiger partial charge on any atom is -0.351 e. The van der Waals surface area contributed by atoms with Crippen LogP contribution in [0.4, 0.5) is 10.5 Å². The average molecular weight is 261 g/mol. The quantitative estimate of drug-likeness (QED) is 0.763. The Morgan fingerprint density at radius 2 is 2.00 bits per heavy atom. The molecule has 1 aromatic carbocycles. The molecular weight excluding hydrogens is 238 g/mol. The Hall–Kier alpha value is -1.55. The highest BCUT2D eigenvalue weighted by molar-refractivity contribution is 5.87. The van der Waals surface area contributed by atoms with Crippen molar-refractivity contribution in [3.63, 3.8) is 0 Å². The highest BCUT2D eigenvalue weighted by atomic mass is 16.2. The molecule has 0 aliphatic heterocycles. The largest absolute Gasteiger partial charge is 0.351 e. The van der Waals surface area contributed by atoms with Gasteiger partial charge in [0.25, 0.3) is 0 Å². The van der Waals surface area contributed by atoms with Gasteiger partial charge in [-0.05, 0) is 48.9 Å². The van der Waals surface area contributed by atoms with Crippen LogP contribution in [-0.2, 0) is 0 Å². The van der Waals surface area contributed by atoms with Crippen LogP contribution in [0.3, 0.4) is 0 Å². The standard InChI is InChI=1S/C15H23N3O/c1-10(17-9-12-8-15(12,2)3)11-4-6-13(7-5-11)18-14(16)19/h4-7,10,12,17H,8-9H2,1-3H3,(H3,16,18,19). The summed E-state index contributed by atoms with van der Waals surface area (Å²) < 4.78 is 0. The second-order valence-corrected chi connectivity index (χ2v) is 6.13. The third-order valence-corrected chi connectivity index (χ3v) is 4.07. The zero-order chi connectivity index (χ0) is 14.0. The number of benzene rings is 1. The summed E-state index contributed by atoms with van der Waals surface area (Å²) in [6.07, 6.45) is 1.31. The summed E-state index contributed by atoms with van der Waals surface area (Å²) in [5.74, 6) is 0.797. The molecule has 1 fully saturated rings. The minimum atomic E-state index is -0.533. The lowest BCUT2D eigenvalue weighted by Gasteiger charge is -2.15. The molecule has 1 saturated carbocycles. The summed E-state index contributed by atoms with van der Waals surface area (Å²) in [4.78, 5) is 10.7. The lowest BCUT2D eigenvalue weighted by Crippen LogP contribution is -2.22.